The van der Waals surface area contributed by atoms with Crippen molar-refractivity contribution in [1.29, 1.82) is 0 Å². The second-order valence-corrected chi connectivity index (χ2v) is 5.82. The van der Waals surface area contributed by atoms with E-state index in [1.54, 1.807) is 12.1 Å². The molecule has 19 heavy (non-hydrogen) atoms. The van der Waals surface area contributed by atoms with Crippen LogP contribution < -0.4 is 5.32 Å². The Kier molecular flexibility index (Phi) is 3.79. The Labute approximate surface area is 115 Å². The summed E-state index contributed by atoms with van der Waals surface area (Å²) in [5.74, 6) is 0.304. The van der Waals surface area contributed by atoms with Gasteiger partial charge in [0.2, 0.25) is 0 Å². The van der Waals surface area contributed by atoms with Crippen LogP contribution in [-0.4, -0.2) is 5.11 Å². The third-order valence-corrected chi connectivity index (χ3v) is 3.15. The number of para-hydroxylation sites is 1. The second-order valence-electron chi connectivity index (χ2n) is 5.82. The lowest BCUT2D eigenvalue weighted by molar-refractivity contribution is 0.475. The molecule has 0 unspecified atom stereocenters. The summed E-state index contributed by atoms with van der Waals surface area (Å²) >= 11 is 0. The van der Waals surface area contributed by atoms with Crippen molar-refractivity contribution < 1.29 is 5.11 Å². The lowest BCUT2D eigenvalue weighted by atomic mass is 9.86. The fourth-order valence-electron chi connectivity index (χ4n) is 2.10. The Bertz CT molecular complexity index is 538. The second kappa shape index (κ2) is 5.35. The fourth-order valence-corrected chi connectivity index (χ4v) is 2.10. The first kappa shape index (κ1) is 13.5. The van der Waals surface area contributed by atoms with E-state index in [0.717, 1.165) is 12.1 Å². The third kappa shape index (κ3) is 3.50. The summed E-state index contributed by atoms with van der Waals surface area (Å²) in [4.78, 5) is 0. The summed E-state index contributed by atoms with van der Waals surface area (Å²) in [7, 11) is 0. The number of aromatic hydroxyl groups is 1. The molecule has 2 aromatic carbocycles. The van der Waals surface area contributed by atoms with Crippen LogP contribution in [0.3, 0.4) is 0 Å². The minimum atomic E-state index is 0.124. The van der Waals surface area contributed by atoms with E-state index >= 15 is 0 Å². The highest BCUT2D eigenvalue weighted by Crippen LogP contribution is 2.29. The molecule has 0 spiro atoms. The maximum absolute atomic E-state index is 9.27. The van der Waals surface area contributed by atoms with Crippen molar-refractivity contribution in [1.82, 2.24) is 0 Å². The maximum Gasteiger partial charge on any atom is 0.115 e. The molecule has 0 fully saturated rings. The molecule has 2 N–H and O–H groups in total. The van der Waals surface area contributed by atoms with E-state index < -0.39 is 0 Å². The summed E-state index contributed by atoms with van der Waals surface area (Å²) in [6, 6.07) is 15.7. The molecule has 0 aliphatic heterocycles. The van der Waals surface area contributed by atoms with Crippen LogP contribution in [-0.2, 0) is 12.0 Å². The number of nitrogens with one attached hydrogen (secondary N) is 1. The first-order valence-electron chi connectivity index (χ1n) is 6.58. The number of benzene rings is 2. The molecule has 100 valence electrons. The van der Waals surface area contributed by atoms with Crippen LogP contribution in [0.2, 0.25) is 0 Å². The highest BCUT2D eigenvalue weighted by atomic mass is 16.3. The lowest BCUT2D eigenvalue weighted by Gasteiger charge is -2.23. The molecule has 0 heterocycles. The lowest BCUT2D eigenvalue weighted by Crippen LogP contribution is -2.14. The van der Waals surface area contributed by atoms with E-state index in [2.05, 4.69) is 44.3 Å². The van der Waals surface area contributed by atoms with Gasteiger partial charge in [0.15, 0.2) is 0 Å². The molecular weight excluding hydrogens is 234 g/mol. The van der Waals surface area contributed by atoms with Crippen molar-refractivity contribution in [3.8, 4) is 5.75 Å². The van der Waals surface area contributed by atoms with E-state index in [0.29, 0.717) is 5.75 Å². The number of hydrogen-bond acceptors (Lipinski definition) is 2. The largest absolute Gasteiger partial charge is 0.508 e. The number of rotatable bonds is 3. The summed E-state index contributed by atoms with van der Waals surface area (Å²) in [6.07, 6.45) is 0. The van der Waals surface area contributed by atoms with E-state index in [4.69, 9.17) is 0 Å². The van der Waals surface area contributed by atoms with Gasteiger partial charge in [0, 0.05) is 12.2 Å². The minimum absolute atomic E-state index is 0.124. The SMILES string of the molecule is CC(C)(C)c1ccccc1NCc1ccc(O)cc1. The van der Waals surface area contributed by atoms with Crippen LogP contribution in [0.5, 0.6) is 5.75 Å². The quantitative estimate of drug-likeness (QED) is 0.857. The Morgan fingerprint density at radius 2 is 1.58 bits per heavy atom. The van der Waals surface area contributed by atoms with Gasteiger partial charge in [-0.2, -0.15) is 0 Å². The van der Waals surface area contributed by atoms with Gasteiger partial charge in [0.25, 0.3) is 0 Å². The Morgan fingerprint density at radius 3 is 2.21 bits per heavy atom. The fraction of sp³-hybridized carbons (Fsp3) is 0.294. The highest BCUT2D eigenvalue weighted by molar-refractivity contribution is 5.54. The van der Waals surface area contributed by atoms with Gasteiger partial charge >= 0.3 is 0 Å². The van der Waals surface area contributed by atoms with E-state index in [9.17, 15) is 5.11 Å². The molecular formula is C17H21NO. The van der Waals surface area contributed by atoms with Crippen LogP contribution in [0.1, 0.15) is 31.9 Å². The monoisotopic (exact) mass is 255 g/mol. The minimum Gasteiger partial charge on any atom is -0.508 e. The van der Waals surface area contributed by atoms with Crippen LogP contribution in [0.15, 0.2) is 48.5 Å². The zero-order valence-electron chi connectivity index (χ0n) is 11.8. The van der Waals surface area contributed by atoms with Gasteiger partial charge in [0.1, 0.15) is 5.75 Å². The number of anilines is 1. The smallest absolute Gasteiger partial charge is 0.115 e. The number of phenols is 1. The van der Waals surface area contributed by atoms with E-state index in [1.165, 1.54) is 11.3 Å². The third-order valence-electron chi connectivity index (χ3n) is 3.15. The van der Waals surface area contributed by atoms with Crippen LogP contribution in [0.4, 0.5) is 5.69 Å². The van der Waals surface area contributed by atoms with Crippen molar-refractivity contribution in [3.05, 3.63) is 59.7 Å². The van der Waals surface area contributed by atoms with Gasteiger partial charge in [-0.3, -0.25) is 0 Å². The average Bonchev–Trinajstić information content (AvgIpc) is 2.37. The predicted octanol–water partition coefficient (Wildman–Crippen LogP) is 4.30. The topological polar surface area (TPSA) is 32.3 Å². The number of phenolic OH excluding ortho intramolecular Hbond substituents is 1. The van der Waals surface area contributed by atoms with Crippen LogP contribution in [0, 0.1) is 0 Å². The molecule has 0 aromatic heterocycles. The molecule has 0 amide bonds. The molecule has 2 nitrogen and oxygen atoms in total. The highest BCUT2D eigenvalue weighted by Gasteiger charge is 2.16. The molecule has 2 rings (SSSR count). The van der Waals surface area contributed by atoms with Gasteiger partial charge < -0.3 is 10.4 Å². The molecule has 2 aromatic rings. The van der Waals surface area contributed by atoms with E-state index in [-0.39, 0.29) is 5.41 Å². The zero-order chi connectivity index (χ0) is 13.9. The zero-order valence-corrected chi connectivity index (χ0v) is 11.8. The molecule has 0 aliphatic carbocycles. The standard InChI is InChI=1S/C17H21NO/c1-17(2,3)15-6-4-5-7-16(15)18-12-13-8-10-14(19)11-9-13/h4-11,18-19H,12H2,1-3H3. The van der Waals surface area contributed by atoms with Crippen molar-refractivity contribution in [2.24, 2.45) is 0 Å². The van der Waals surface area contributed by atoms with Crippen molar-refractivity contribution in [2.45, 2.75) is 32.7 Å². The van der Waals surface area contributed by atoms with Crippen molar-refractivity contribution >= 4 is 5.69 Å². The van der Waals surface area contributed by atoms with Crippen LogP contribution >= 0.6 is 0 Å². The van der Waals surface area contributed by atoms with Gasteiger partial charge in [-0.15, -0.1) is 0 Å². The van der Waals surface area contributed by atoms with Gasteiger partial charge in [0.05, 0.1) is 0 Å². The number of hydrogen-bond donors (Lipinski definition) is 2. The van der Waals surface area contributed by atoms with E-state index in [1.807, 2.05) is 18.2 Å². The summed E-state index contributed by atoms with van der Waals surface area (Å²) in [6.45, 7) is 7.41. The first-order valence-corrected chi connectivity index (χ1v) is 6.58. The summed E-state index contributed by atoms with van der Waals surface area (Å²) in [5, 5.41) is 12.7. The van der Waals surface area contributed by atoms with Crippen molar-refractivity contribution in [2.75, 3.05) is 5.32 Å². The Balaban J connectivity index is 2.14. The van der Waals surface area contributed by atoms with Gasteiger partial charge in [-0.05, 0) is 34.7 Å². The molecule has 0 atom stereocenters. The maximum atomic E-state index is 9.27. The molecule has 0 radical (unpaired) electrons. The van der Waals surface area contributed by atoms with Gasteiger partial charge in [-0.25, -0.2) is 0 Å². The molecule has 2 heteroatoms. The molecule has 0 bridgehead atoms. The van der Waals surface area contributed by atoms with Gasteiger partial charge in [-0.1, -0.05) is 51.1 Å². The van der Waals surface area contributed by atoms with Crippen LogP contribution in [0.25, 0.3) is 0 Å². The molecule has 0 aliphatic rings. The molecule has 0 saturated heterocycles. The first-order chi connectivity index (χ1) is 8.97. The predicted molar refractivity (Wildman–Crippen MR) is 80.6 cm³/mol. The summed E-state index contributed by atoms with van der Waals surface area (Å²) < 4.78 is 0. The molecule has 0 saturated carbocycles. The Hall–Kier alpha value is -1.96. The normalized spacial score (nSPS) is 11.3. The Morgan fingerprint density at radius 1 is 0.947 bits per heavy atom. The average molecular weight is 255 g/mol. The van der Waals surface area contributed by atoms with Crippen molar-refractivity contribution in [3.63, 3.8) is 0 Å². The summed E-state index contributed by atoms with van der Waals surface area (Å²) in [5.41, 5.74) is 3.76.